The number of benzene rings is 13. The molecule has 2 nitrogen and oxygen atoms in total. The Morgan fingerprint density at radius 1 is 0.176 bits per heavy atom. The number of rotatable bonds is 8. The van der Waals surface area contributed by atoms with Gasteiger partial charge in [-0.2, -0.15) is 0 Å². The minimum atomic E-state index is 1.09. The summed E-state index contributed by atoms with van der Waals surface area (Å²) in [5.41, 5.74) is 11.3. The van der Waals surface area contributed by atoms with Crippen LogP contribution >= 0.6 is 0 Å². The van der Waals surface area contributed by atoms with Crippen LogP contribution in [0.2, 0.25) is 0 Å². The number of nitrogens with zero attached hydrogens (tertiary/aromatic N) is 2. The van der Waals surface area contributed by atoms with Crippen LogP contribution in [0.25, 0.3) is 86.9 Å². The van der Waals surface area contributed by atoms with Gasteiger partial charge in [-0.3, -0.25) is 0 Å². The molecular weight excluding hydrogens is 821 g/mol. The summed E-state index contributed by atoms with van der Waals surface area (Å²) in [6, 6.07) is 98.1. The molecule has 0 N–H and O–H groups in total. The van der Waals surface area contributed by atoms with Gasteiger partial charge in [-0.15, -0.1) is 0 Å². The van der Waals surface area contributed by atoms with Crippen LogP contribution in [-0.2, 0) is 0 Å². The summed E-state index contributed by atoms with van der Waals surface area (Å²) in [5.74, 6) is 0. The van der Waals surface area contributed by atoms with E-state index in [1.807, 2.05) is 0 Å². The molecule has 0 atom stereocenters. The van der Waals surface area contributed by atoms with Crippen LogP contribution in [0.15, 0.2) is 267 Å². The minimum absolute atomic E-state index is 1.09. The van der Waals surface area contributed by atoms with E-state index < -0.39 is 0 Å². The van der Waals surface area contributed by atoms with E-state index in [1.165, 1.54) is 54.2 Å². The average molecular weight is 865 g/mol. The maximum absolute atomic E-state index is 2.49. The van der Waals surface area contributed by atoms with Crippen LogP contribution in [-0.4, -0.2) is 0 Å². The lowest BCUT2D eigenvalue weighted by Gasteiger charge is -2.33. The fraction of sp³-hybridized carbons (Fsp3) is 0. The number of fused-ring (bicyclic) bond motifs is 6. The molecule has 0 unspecified atom stereocenters. The molecule has 0 saturated carbocycles. The second-order valence-corrected chi connectivity index (χ2v) is 17.7. The molecule has 13 aromatic carbocycles. The van der Waals surface area contributed by atoms with Gasteiger partial charge in [-0.1, -0.05) is 194 Å². The molecule has 2 heteroatoms. The SMILES string of the molecule is c1ccc(N(c2ccc3ccccc3c2)c2c3ccc(-c4ccc5ccccc5c4)cc3c(N(c3ccccc3)c3ccc4ccccc4c3)c3ccc(-c4ccc5ccccc5c4)cc23)cc1. The predicted octanol–water partition coefficient (Wildman–Crippen LogP) is 18.9. The molecule has 0 aliphatic rings. The highest BCUT2D eigenvalue weighted by atomic mass is 15.2. The Morgan fingerprint density at radius 3 is 0.853 bits per heavy atom. The summed E-state index contributed by atoms with van der Waals surface area (Å²) in [7, 11) is 0. The topological polar surface area (TPSA) is 6.48 Å². The zero-order valence-corrected chi connectivity index (χ0v) is 37.3. The molecule has 0 bridgehead atoms. The molecule has 13 rings (SSSR count). The standard InChI is InChI=1S/C66H44N2/c1-3-23-57(24-4-1)67(59-35-31-47-17-9-13-21-51(47)41-59)65-61-37-33-56(54-30-28-46-16-8-12-20-50(46)40-54)44-64(61)66(62-38-34-55(43-63(62)65)53-29-27-45-15-7-11-19-49(45)39-53)68(58-25-5-2-6-26-58)60-36-32-48-18-10-14-22-52(48)42-60/h1-44H. The van der Waals surface area contributed by atoms with Gasteiger partial charge in [0.05, 0.1) is 11.4 Å². The summed E-state index contributed by atoms with van der Waals surface area (Å²) in [6.45, 7) is 0. The van der Waals surface area contributed by atoms with Crippen molar-refractivity contribution in [3.8, 4) is 22.3 Å². The predicted molar refractivity (Wildman–Crippen MR) is 292 cm³/mol. The van der Waals surface area contributed by atoms with Crippen LogP contribution in [0.4, 0.5) is 34.1 Å². The number of hydrogen-bond donors (Lipinski definition) is 0. The molecule has 318 valence electrons. The Hall–Kier alpha value is -8.98. The lowest BCUT2D eigenvalue weighted by molar-refractivity contribution is 1.30. The van der Waals surface area contributed by atoms with Crippen molar-refractivity contribution in [1.29, 1.82) is 0 Å². The van der Waals surface area contributed by atoms with Gasteiger partial charge in [0.15, 0.2) is 0 Å². The van der Waals surface area contributed by atoms with Gasteiger partial charge in [0.1, 0.15) is 0 Å². The molecule has 0 radical (unpaired) electrons. The Balaban J connectivity index is 1.19. The van der Waals surface area contributed by atoms with Gasteiger partial charge < -0.3 is 9.80 Å². The van der Waals surface area contributed by atoms with Crippen molar-refractivity contribution in [2.75, 3.05) is 9.80 Å². The molecule has 0 amide bonds. The van der Waals surface area contributed by atoms with E-state index in [0.29, 0.717) is 0 Å². The van der Waals surface area contributed by atoms with Crippen molar-refractivity contribution in [2.24, 2.45) is 0 Å². The minimum Gasteiger partial charge on any atom is -0.309 e. The molecule has 0 aliphatic carbocycles. The molecule has 68 heavy (non-hydrogen) atoms. The second-order valence-electron chi connectivity index (χ2n) is 17.7. The molecule has 0 aliphatic heterocycles. The van der Waals surface area contributed by atoms with Gasteiger partial charge in [0.25, 0.3) is 0 Å². The van der Waals surface area contributed by atoms with Gasteiger partial charge >= 0.3 is 0 Å². The second kappa shape index (κ2) is 16.5. The van der Waals surface area contributed by atoms with E-state index in [2.05, 4.69) is 277 Å². The highest BCUT2D eigenvalue weighted by Gasteiger charge is 2.27. The summed E-state index contributed by atoms with van der Waals surface area (Å²) in [4.78, 5) is 4.98. The Kier molecular flexibility index (Phi) is 9.54. The van der Waals surface area contributed by atoms with Crippen molar-refractivity contribution in [3.05, 3.63) is 267 Å². The number of para-hydroxylation sites is 2. The molecule has 0 heterocycles. The Bertz CT molecular complexity index is 3780. The van der Waals surface area contributed by atoms with Gasteiger partial charge in [0, 0.05) is 44.3 Å². The van der Waals surface area contributed by atoms with Crippen molar-refractivity contribution in [1.82, 2.24) is 0 Å². The average Bonchev–Trinajstić information content (AvgIpc) is 3.41. The smallest absolute Gasteiger partial charge is 0.0620 e. The van der Waals surface area contributed by atoms with E-state index in [-0.39, 0.29) is 0 Å². The fourth-order valence-corrected chi connectivity index (χ4v) is 10.4. The quantitative estimate of drug-likeness (QED) is 0.111. The monoisotopic (exact) mass is 864 g/mol. The van der Waals surface area contributed by atoms with E-state index in [9.17, 15) is 0 Å². The van der Waals surface area contributed by atoms with Crippen LogP contribution in [0.1, 0.15) is 0 Å². The summed E-state index contributed by atoms with van der Waals surface area (Å²) in [5, 5.41) is 14.3. The first-order chi connectivity index (χ1) is 33.7. The maximum atomic E-state index is 2.49. The molecule has 0 spiro atoms. The fourth-order valence-electron chi connectivity index (χ4n) is 10.4. The van der Waals surface area contributed by atoms with Crippen molar-refractivity contribution in [2.45, 2.75) is 0 Å². The Morgan fingerprint density at radius 2 is 0.471 bits per heavy atom. The first kappa shape index (κ1) is 39.4. The highest BCUT2D eigenvalue weighted by Crippen LogP contribution is 2.53. The van der Waals surface area contributed by atoms with E-state index >= 15 is 0 Å². The van der Waals surface area contributed by atoms with E-state index in [1.54, 1.807) is 0 Å². The maximum Gasteiger partial charge on any atom is 0.0620 e. The van der Waals surface area contributed by atoms with Crippen LogP contribution in [0, 0.1) is 0 Å². The zero-order valence-electron chi connectivity index (χ0n) is 37.3. The third-order valence-corrected chi connectivity index (χ3v) is 13.7. The summed E-state index contributed by atoms with van der Waals surface area (Å²) < 4.78 is 0. The molecule has 0 saturated heterocycles. The molecule has 13 aromatic rings. The normalized spacial score (nSPS) is 11.5. The Labute approximate surface area is 395 Å². The number of anilines is 6. The van der Waals surface area contributed by atoms with Crippen LogP contribution in [0.3, 0.4) is 0 Å². The van der Waals surface area contributed by atoms with Gasteiger partial charge in [0.2, 0.25) is 0 Å². The van der Waals surface area contributed by atoms with Gasteiger partial charge in [-0.05, 0) is 138 Å². The largest absolute Gasteiger partial charge is 0.309 e. The summed E-state index contributed by atoms with van der Waals surface area (Å²) in [6.07, 6.45) is 0. The third kappa shape index (κ3) is 6.90. The van der Waals surface area contributed by atoms with Crippen LogP contribution < -0.4 is 9.80 Å². The lowest BCUT2D eigenvalue weighted by Crippen LogP contribution is -2.14. The van der Waals surface area contributed by atoms with Crippen molar-refractivity contribution in [3.63, 3.8) is 0 Å². The van der Waals surface area contributed by atoms with Crippen LogP contribution in [0.5, 0.6) is 0 Å². The number of hydrogen-bond acceptors (Lipinski definition) is 2. The summed E-state index contributed by atoms with van der Waals surface area (Å²) >= 11 is 0. The molecule has 0 fully saturated rings. The third-order valence-electron chi connectivity index (χ3n) is 13.7. The first-order valence-electron chi connectivity index (χ1n) is 23.4. The molecule has 0 aromatic heterocycles. The van der Waals surface area contributed by atoms with Gasteiger partial charge in [-0.25, -0.2) is 0 Å². The van der Waals surface area contributed by atoms with E-state index in [0.717, 1.165) is 66.8 Å². The lowest BCUT2D eigenvalue weighted by atomic mass is 9.90. The molecular formula is C66H44N2. The van der Waals surface area contributed by atoms with Crippen molar-refractivity contribution < 1.29 is 0 Å². The zero-order chi connectivity index (χ0) is 45.0. The highest BCUT2D eigenvalue weighted by molar-refractivity contribution is 6.24. The van der Waals surface area contributed by atoms with E-state index in [4.69, 9.17) is 0 Å². The van der Waals surface area contributed by atoms with Crippen molar-refractivity contribution >= 4 is 98.8 Å². The first-order valence-corrected chi connectivity index (χ1v) is 23.4.